The van der Waals surface area contributed by atoms with Crippen molar-refractivity contribution < 1.29 is 28.6 Å². The van der Waals surface area contributed by atoms with E-state index in [0.717, 1.165) is 5.56 Å². The summed E-state index contributed by atoms with van der Waals surface area (Å²) >= 11 is 1.19. The molecular weight excluding hydrogens is 570 g/mol. The topological polar surface area (TPSA) is 131 Å². The van der Waals surface area contributed by atoms with E-state index in [1.54, 1.807) is 37.4 Å². The maximum Gasteiger partial charge on any atom is 0.259 e. The van der Waals surface area contributed by atoms with Crippen LogP contribution < -0.4 is 24.8 Å². The summed E-state index contributed by atoms with van der Waals surface area (Å²) in [6.45, 7) is 2.33. The second-order valence-corrected chi connectivity index (χ2v) is 11.1. The lowest BCUT2D eigenvalue weighted by Gasteiger charge is -2.27. The van der Waals surface area contributed by atoms with Crippen molar-refractivity contribution in [1.82, 2.24) is 10.2 Å². The number of methoxy groups -OCH3 is 1. The standard InChI is InChI=1S/C31H29N5O6S/c1-3-26(29(38)33-19-7-6-8-20(14-19)40-2)43-31-35-22-10-5-4-9-21(22)28-34-23(30(39)36(28)31)15-27(37)32-16-18-11-12-24-25(13-18)42-17-41-24/h4-14,23,26H,3,15-17H2,1-2H3,(H,32,37)(H,33,38)/t23-,26-/m0/s1. The number of hydrogen-bond acceptors (Lipinski definition) is 9. The minimum atomic E-state index is -0.922. The van der Waals surface area contributed by atoms with Crippen LogP contribution in [0.25, 0.3) is 0 Å². The van der Waals surface area contributed by atoms with Crippen molar-refractivity contribution in [2.75, 3.05) is 19.2 Å². The second-order valence-electron chi connectivity index (χ2n) is 9.96. The number of nitrogens with zero attached hydrogens (tertiary/aromatic N) is 3. The summed E-state index contributed by atoms with van der Waals surface area (Å²) in [5.74, 6) is 1.44. The number of benzene rings is 3. The smallest absolute Gasteiger partial charge is 0.259 e. The molecule has 220 valence electrons. The number of carbonyl (C=O) groups is 3. The third-order valence-corrected chi connectivity index (χ3v) is 8.42. The van der Waals surface area contributed by atoms with Crippen LogP contribution in [0.2, 0.25) is 0 Å². The molecule has 0 saturated carbocycles. The summed E-state index contributed by atoms with van der Waals surface area (Å²) in [5, 5.41) is 5.59. The van der Waals surface area contributed by atoms with Gasteiger partial charge in [0.15, 0.2) is 16.7 Å². The van der Waals surface area contributed by atoms with Crippen LogP contribution in [0.1, 0.15) is 30.9 Å². The first-order valence-electron chi connectivity index (χ1n) is 13.8. The zero-order chi connectivity index (χ0) is 29.9. The Morgan fingerprint density at radius 3 is 2.77 bits per heavy atom. The van der Waals surface area contributed by atoms with Crippen molar-refractivity contribution in [2.45, 2.75) is 37.6 Å². The van der Waals surface area contributed by atoms with Gasteiger partial charge in [0.2, 0.25) is 18.6 Å². The van der Waals surface area contributed by atoms with Gasteiger partial charge in [0.1, 0.15) is 17.6 Å². The van der Waals surface area contributed by atoms with Gasteiger partial charge in [-0.25, -0.2) is 9.89 Å². The summed E-state index contributed by atoms with van der Waals surface area (Å²) in [4.78, 5) is 50.7. The fourth-order valence-corrected chi connectivity index (χ4v) is 5.91. The predicted octanol–water partition coefficient (Wildman–Crippen LogP) is 4.24. The van der Waals surface area contributed by atoms with E-state index < -0.39 is 11.3 Å². The molecule has 3 amide bonds. The minimum absolute atomic E-state index is 0.128. The lowest BCUT2D eigenvalue weighted by Crippen LogP contribution is -2.43. The monoisotopic (exact) mass is 599 g/mol. The second kappa shape index (κ2) is 12.2. The van der Waals surface area contributed by atoms with E-state index in [-0.39, 0.29) is 37.5 Å². The molecule has 12 heteroatoms. The molecule has 2 N–H and O–H groups in total. The van der Waals surface area contributed by atoms with Gasteiger partial charge in [-0.15, -0.1) is 0 Å². The molecule has 43 heavy (non-hydrogen) atoms. The van der Waals surface area contributed by atoms with Crippen molar-refractivity contribution in [3.05, 3.63) is 77.9 Å². The van der Waals surface area contributed by atoms with Crippen molar-refractivity contribution >= 4 is 51.9 Å². The lowest BCUT2D eigenvalue weighted by atomic mass is 10.1. The SMILES string of the molecule is CC[C@H](SC1=Nc2ccccc2C2=N[C@@H](CC(=O)NCc3ccc4c(c3)OCO4)C(=O)N12)C(=O)Nc1cccc(OC)c1. The van der Waals surface area contributed by atoms with Crippen LogP contribution in [-0.4, -0.2) is 58.8 Å². The Kier molecular flexibility index (Phi) is 8.01. The highest BCUT2D eigenvalue weighted by atomic mass is 32.2. The largest absolute Gasteiger partial charge is 0.497 e. The number of amidine groups is 2. The zero-order valence-electron chi connectivity index (χ0n) is 23.5. The molecule has 0 spiro atoms. The first-order valence-corrected chi connectivity index (χ1v) is 14.7. The molecule has 3 aliphatic rings. The number of fused-ring (bicyclic) bond motifs is 4. The first kappa shape index (κ1) is 28.3. The lowest BCUT2D eigenvalue weighted by molar-refractivity contribution is -0.128. The molecular formula is C31H29N5O6S. The number of anilines is 1. The van der Waals surface area contributed by atoms with Gasteiger partial charge in [-0.1, -0.05) is 43.0 Å². The Bertz CT molecular complexity index is 1660. The van der Waals surface area contributed by atoms with E-state index in [2.05, 4.69) is 15.6 Å². The van der Waals surface area contributed by atoms with Gasteiger partial charge in [-0.3, -0.25) is 19.4 Å². The van der Waals surface area contributed by atoms with Crippen molar-refractivity contribution in [3.63, 3.8) is 0 Å². The molecule has 3 aromatic rings. The van der Waals surface area contributed by atoms with Crippen LogP contribution in [0.15, 0.2) is 76.7 Å². The number of para-hydroxylation sites is 1. The number of aliphatic imine (C=N–C) groups is 2. The highest BCUT2D eigenvalue weighted by Crippen LogP contribution is 2.36. The molecule has 0 saturated heterocycles. The fourth-order valence-electron chi connectivity index (χ4n) is 4.89. The molecule has 0 fully saturated rings. The number of rotatable bonds is 9. The normalized spacial score (nSPS) is 16.9. The van der Waals surface area contributed by atoms with E-state index in [1.165, 1.54) is 16.7 Å². The molecule has 0 unspecified atom stereocenters. The van der Waals surface area contributed by atoms with Crippen LogP contribution in [0.4, 0.5) is 11.4 Å². The summed E-state index contributed by atoms with van der Waals surface area (Å²) in [6.07, 6.45) is 0.359. The molecule has 0 aromatic heterocycles. The average Bonchev–Trinajstić information content (AvgIpc) is 3.63. The third-order valence-electron chi connectivity index (χ3n) is 7.10. The number of carbonyl (C=O) groups excluding carboxylic acids is 3. The van der Waals surface area contributed by atoms with Gasteiger partial charge in [0.05, 0.1) is 24.5 Å². The zero-order valence-corrected chi connectivity index (χ0v) is 24.3. The molecule has 0 bridgehead atoms. The number of thioether (sulfide) groups is 1. The highest BCUT2D eigenvalue weighted by Gasteiger charge is 2.43. The van der Waals surface area contributed by atoms with Crippen LogP contribution in [-0.2, 0) is 20.9 Å². The van der Waals surface area contributed by atoms with Crippen molar-refractivity contribution in [1.29, 1.82) is 0 Å². The number of amides is 3. The third kappa shape index (κ3) is 5.91. The molecule has 0 aliphatic carbocycles. The minimum Gasteiger partial charge on any atom is -0.497 e. The maximum atomic E-state index is 13.7. The molecule has 11 nitrogen and oxygen atoms in total. The summed E-state index contributed by atoms with van der Waals surface area (Å²) < 4.78 is 16.0. The Morgan fingerprint density at radius 1 is 1.09 bits per heavy atom. The first-order chi connectivity index (χ1) is 20.9. The van der Waals surface area contributed by atoms with Crippen molar-refractivity contribution in [2.24, 2.45) is 9.98 Å². The van der Waals surface area contributed by atoms with Crippen molar-refractivity contribution in [3.8, 4) is 17.2 Å². The number of ether oxygens (including phenoxy) is 3. The van der Waals surface area contributed by atoms with E-state index in [1.807, 2.05) is 43.3 Å². The molecule has 0 radical (unpaired) electrons. The Labute approximate surface area is 252 Å². The van der Waals surface area contributed by atoms with E-state index >= 15 is 0 Å². The maximum absolute atomic E-state index is 13.7. The highest BCUT2D eigenvalue weighted by molar-refractivity contribution is 8.15. The van der Waals surface area contributed by atoms with E-state index in [9.17, 15) is 14.4 Å². The molecule has 6 rings (SSSR count). The average molecular weight is 600 g/mol. The van der Waals surface area contributed by atoms with E-state index in [4.69, 9.17) is 19.2 Å². The van der Waals surface area contributed by atoms with Gasteiger partial charge >= 0.3 is 0 Å². The van der Waals surface area contributed by atoms with Gasteiger partial charge in [0.25, 0.3) is 5.91 Å². The molecule has 3 aliphatic heterocycles. The summed E-state index contributed by atoms with van der Waals surface area (Å²) in [6, 6.07) is 19.0. The van der Waals surface area contributed by atoms with Gasteiger partial charge in [0, 0.05) is 23.9 Å². The van der Waals surface area contributed by atoms with Gasteiger partial charge < -0.3 is 24.8 Å². The number of nitrogens with one attached hydrogen (secondary N) is 2. The Hall–Kier alpha value is -4.84. The van der Waals surface area contributed by atoms with Gasteiger partial charge in [-0.2, -0.15) is 0 Å². The number of hydrogen-bond donors (Lipinski definition) is 2. The summed E-state index contributed by atoms with van der Waals surface area (Å²) in [7, 11) is 1.56. The molecule has 3 heterocycles. The van der Waals surface area contributed by atoms with Gasteiger partial charge in [-0.05, 0) is 48.4 Å². The van der Waals surface area contributed by atoms with Crippen LogP contribution in [0, 0.1) is 0 Å². The predicted molar refractivity (Wildman–Crippen MR) is 163 cm³/mol. The van der Waals surface area contributed by atoms with Crippen LogP contribution in [0.3, 0.4) is 0 Å². The fraction of sp³-hybridized carbons (Fsp3) is 0.258. The Morgan fingerprint density at radius 2 is 1.93 bits per heavy atom. The quantitative estimate of drug-likeness (QED) is 0.376. The molecule has 2 atom stereocenters. The Balaban J connectivity index is 1.16. The summed E-state index contributed by atoms with van der Waals surface area (Å²) in [5.41, 5.74) is 2.78. The molecule has 3 aromatic carbocycles. The van der Waals surface area contributed by atoms with E-state index in [0.29, 0.717) is 51.6 Å². The van der Waals surface area contributed by atoms with Crippen LogP contribution in [0.5, 0.6) is 17.2 Å². The van der Waals surface area contributed by atoms with Crippen LogP contribution >= 0.6 is 11.8 Å².